The van der Waals surface area contributed by atoms with Crippen LogP contribution in [0.3, 0.4) is 0 Å². The Bertz CT molecular complexity index is 828. The second kappa shape index (κ2) is 7.09. The van der Waals surface area contributed by atoms with Crippen molar-refractivity contribution in [3.63, 3.8) is 0 Å². The lowest BCUT2D eigenvalue weighted by atomic mass is 9.98. The number of hydrogen-bond donors (Lipinski definition) is 1. The van der Waals surface area contributed by atoms with E-state index in [1.807, 2.05) is 61.5 Å². The zero-order chi connectivity index (χ0) is 16.9. The summed E-state index contributed by atoms with van der Waals surface area (Å²) in [5, 5.41) is 2.98. The van der Waals surface area contributed by atoms with E-state index in [0.29, 0.717) is 5.56 Å². The fraction of sp³-hybridized carbons (Fsp3) is 0.0952. The number of benzene rings is 3. The maximum Gasteiger partial charge on any atom is 0.252 e. The van der Waals surface area contributed by atoms with Gasteiger partial charge in [-0.15, -0.1) is 0 Å². The first-order valence-electron chi connectivity index (χ1n) is 7.86. The van der Waals surface area contributed by atoms with Gasteiger partial charge in [0.05, 0.1) is 6.04 Å². The monoisotopic (exact) mass is 319 g/mol. The first-order chi connectivity index (χ1) is 11.6. The maximum absolute atomic E-state index is 13.0. The Morgan fingerprint density at radius 2 is 1.50 bits per heavy atom. The molecular formula is C21H18FNO. The Balaban J connectivity index is 1.84. The minimum atomic E-state index is -0.285. The quantitative estimate of drug-likeness (QED) is 0.721. The zero-order valence-corrected chi connectivity index (χ0v) is 13.4. The molecule has 3 rings (SSSR count). The highest BCUT2D eigenvalue weighted by atomic mass is 19.1. The molecule has 0 spiro atoms. The number of hydrogen-bond acceptors (Lipinski definition) is 1. The highest BCUT2D eigenvalue weighted by molar-refractivity contribution is 6.01. The summed E-state index contributed by atoms with van der Waals surface area (Å²) in [4.78, 5) is 12.7. The van der Waals surface area contributed by atoms with Gasteiger partial charge in [0.15, 0.2) is 0 Å². The molecule has 0 radical (unpaired) electrons. The number of carbonyl (C=O) groups is 1. The summed E-state index contributed by atoms with van der Waals surface area (Å²) in [6.45, 7) is 1.89. The molecule has 2 nitrogen and oxygen atoms in total. The van der Waals surface area contributed by atoms with Crippen LogP contribution in [0.5, 0.6) is 0 Å². The van der Waals surface area contributed by atoms with Gasteiger partial charge < -0.3 is 5.32 Å². The molecule has 0 aliphatic heterocycles. The van der Waals surface area contributed by atoms with Crippen molar-refractivity contribution < 1.29 is 9.18 Å². The summed E-state index contributed by atoms with van der Waals surface area (Å²) >= 11 is 0. The number of rotatable bonds is 4. The lowest BCUT2D eigenvalue weighted by molar-refractivity contribution is 0.0940. The van der Waals surface area contributed by atoms with Gasteiger partial charge >= 0.3 is 0 Å². The van der Waals surface area contributed by atoms with Crippen LogP contribution in [0.25, 0.3) is 11.1 Å². The molecular weight excluding hydrogens is 301 g/mol. The van der Waals surface area contributed by atoms with Gasteiger partial charge in [0.1, 0.15) is 5.82 Å². The van der Waals surface area contributed by atoms with Crippen molar-refractivity contribution in [1.82, 2.24) is 5.32 Å². The second-order valence-electron chi connectivity index (χ2n) is 5.66. The topological polar surface area (TPSA) is 29.1 Å². The molecule has 0 bridgehead atoms. The number of amides is 1. The molecule has 24 heavy (non-hydrogen) atoms. The van der Waals surface area contributed by atoms with Gasteiger partial charge in [-0.2, -0.15) is 0 Å². The van der Waals surface area contributed by atoms with E-state index in [0.717, 1.165) is 16.7 Å². The predicted molar refractivity (Wildman–Crippen MR) is 94.2 cm³/mol. The van der Waals surface area contributed by atoms with Crippen LogP contribution >= 0.6 is 0 Å². The first kappa shape index (κ1) is 15.9. The molecule has 0 aromatic heterocycles. The highest BCUT2D eigenvalue weighted by Crippen LogP contribution is 2.24. The average Bonchev–Trinajstić information content (AvgIpc) is 2.63. The Kier molecular flexibility index (Phi) is 4.71. The van der Waals surface area contributed by atoms with E-state index in [-0.39, 0.29) is 17.8 Å². The van der Waals surface area contributed by atoms with Gasteiger partial charge in [0, 0.05) is 5.56 Å². The van der Waals surface area contributed by atoms with Crippen LogP contribution < -0.4 is 5.32 Å². The molecule has 0 fully saturated rings. The third kappa shape index (κ3) is 3.51. The molecule has 0 unspecified atom stereocenters. The molecule has 0 saturated heterocycles. The lowest BCUT2D eigenvalue weighted by Crippen LogP contribution is -2.27. The molecule has 1 N–H and O–H groups in total. The minimum Gasteiger partial charge on any atom is -0.345 e. The Hall–Kier alpha value is -2.94. The standard InChI is InChI=1S/C21H18FNO/c1-15(16-11-13-18(22)14-12-16)23-21(24)20-10-6-5-9-19(20)17-7-3-2-4-8-17/h2-15H,1H3,(H,23,24)/t15-/m1/s1. The number of nitrogens with one attached hydrogen (secondary N) is 1. The first-order valence-corrected chi connectivity index (χ1v) is 7.86. The summed E-state index contributed by atoms with van der Waals surface area (Å²) in [5.41, 5.74) is 3.37. The fourth-order valence-corrected chi connectivity index (χ4v) is 2.66. The van der Waals surface area contributed by atoms with Gasteiger partial charge in [-0.05, 0) is 41.8 Å². The van der Waals surface area contributed by atoms with Crippen molar-refractivity contribution >= 4 is 5.91 Å². The lowest BCUT2D eigenvalue weighted by Gasteiger charge is -2.16. The van der Waals surface area contributed by atoms with Gasteiger partial charge in [-0.25, -0.2) is 4.39 Å². The molecule has 3 aromatic carbocycles. The molecule has 1 atom stereocenters. The molecule has 3 aromatic rings. The van der Waals surface area contributed by atoms with Gasteiger partial charge in [-0.1, -0.05) is 60.7 Å². The van der Waals surface area contributed by atoms with E-state index in [4.69, 9.17) is 0 Å². The van der Waals surface area contributed by atoms with Crippen LogP contribution in [0.4, 0.5) is 4.39 Å². The molecule has 0 saturated carbocycles. The van der Waals surface area contributed by atoms with Crippen LogP contribution in [0, 0.1) is 5.82 Å². The van der Waals surface area contributed by atoms with Crippen LogP contribution in [0.15, 0.2) is 78.9 Å². The van der Waals surface area contributed by atoms with E-state index in [2.05, 4.69) is 5.32 Å². The smallest absolute Gasteiger partial charge is 0.252 e. The Morgan fingerprint density at radius 3 is 2.21 bits per heavy atom. The Morgan fingerprint density at radius 1 is 0.875 bits per heavy atom. The van der Waals surface area contributed by atoms with E-state index >= 15 is 0 Å². The second-order valence-corrected chi connectivity index (χ2v) is 5.66. The number of carbonyl (C=O) groups excluding carboxylic acids is 1. The van der Waals surface area contributed by atoms with E-state index in [1.165, 1.54) is 12.1 Å². The summed E-state index contributed by atoms with van der Waals surface area (Å²) < 4.78 is 13.0. The predicted octanol–water partition coefficient (Wildman–Crippen LogP) is 4.98. The van der Waals surface area contributed by atoms with Crippen LogP contribution in [0.1, 0.15) is 28.9 Å². The number of halogens is 1. The van der Waals surface area contributed by atoms with Gasteiger partial charge in [0.2, 0.25) is 0 Å². The summed E-state index contributed by atoms with van der Waals surface area (Å²) in [6.07, 6.45) is 0. The van der Waals surface area contributed by atoms with Crippen LogP contribution in [0.2, 0.25) is 0 Å². The summed E-state index contributed by atoms with van der Waals surface area (Å²) in [6, 6.07) is 23.3. The maximum atomic E-state index is 13.0. The largest absolute Gasteiger partial charge is 0.345 e. The SMILES string of the molecule is C[C@@H](NC(=O)c1ccccc1-c1ccccc1)c1ccc(F)cc1. The van der Waals surface area contributed by atoms with Crippen molar-refractivity contribution in [2.75, 3.05) is 0 Å². The molecule has 3 heteroatoms. The molecule has 1 amide bonds. The third-order valence-corrected chi connectivity index (χ3v) is 3.97. The molecule has 120 valence electrons. The molecule has 0 aliphatic carbocycles. The van der Waals surface area contributed by atoms with Crippen molar-refractivity contribution in [2.24, 2.45) is 0 Å². The van der Waals surface area contributed by atoms with Gasteiger partial charge in [-0.3, -0.25) is 4.79 Å². The molecule has 0 heterocycles. The summed E-state index contributed by atoms with van der Waals surface area (Å²) in [5.74, 6) is -0.432. The summed E-state index contributed by atoms with van der Waals surface area (Å²) in [7, 11) is 0. The normalized spacial score (nSPS) is 11.8. The van der Waals surface area contributed by atoms with Crippen molar-refractivity contribution in [3.8, 4) is 11.1 Å². The van der Waals surface area contributed by atoms with Crippen LogP contribution in [-0.4, -0.2) is 5.91 Å². The van der Waals surface area contributed by atoms with E-state index < -0.39 is 0 Å². The van der Waals surface area contributed by atoms with E-state index in [9.17, 15) is 9.18 Å². The Labute approximate surface area is 141 Å². The zero-order valence-electron chi connectivity index (χ0n) is 13.4. The minimum absolute atomic E-state index is 0.147. The van der Waals surface area contributed by atoms with E-state index in [1.54, 1.807) is 12.1 Å². The van der Waals surface area contributed by atoms with Crippen molar-refractivity contribution in [2.45, 2.75) is 13.0 Å². The van der Waals surface area contributed by atoms with Crippen molar-refractivity contribution in [3.05, 3.63) is 95.8 Å². The molecule has 0 aliphatic rings. The third-order valence-electron chi connectivity index (χ3n) is 3.97. The average molecular weight is 319 g/mol. The van der Waals surface area contributed by atoms with Crippen LogP contribution in [-0.2, 0) is 0 Å². The highest BCUT2D eigenvalue weighted by Gasteiger charge is 2.15. The van der Waals surface area contributed by atoms with Gasteiger partial charge in [0.25, 0.3) is 5.91 Å². The van der Waals surface area contributed by atoms with Crippen molar-refractivity contribution in [1.29, 1.82) is 0 Å². The fourth-order valence-electron chi connectivity index (χ4n) is 2.66.